The predicted molar refractivity (Wildman–Crippen MR) is 93.2 cm³/mol. The molecule has 0 saturated heterocycles. The second kappa shape index (κ2) is 7.29. The Bertz CT molecular complexity index is 836. The molecule has 25 heavy (non-hydrogen) atoms. The molecular weight excluding hydrogens is 318 g/mol. The van der Waals surface area contributed by atoms with E-state index in [0.29, 0.717) is 23.6 Å². The number of carbonyl (C=O) groups is 1. The molecule has 0 spiro atoms. The fourth-order valence-electron chi connectivity index (χ4n) is 2.96. The van der Waals surface area contributed by atoms with Gasteiger partial charge in [-0.25, -0.2) is 0 Å². The maximum absolute atomic E-state index is 12.5. The molecule has 1 aliphatic rings. The molecule has 0 saturated carbocycles. The minimum absolute atomic E-state index is 0.166. The van der Waals surface area contributed by atoms with Gasteiger partial charge in [0.1, 0.15) is 17.6 Å². The average molecular weight is 337 g/mol. The van der Waals surface area contributed by atoms with Crippen molar-refractivity contribution in [3.63, 3.8) is 0 Å². The van der Waals surface area contributed by atoms with Crippen LogP contribution in [-0.2, 0) is 11.3 Å². The monoisotopic (exact) mass is 337 g/mol. The van der Waals surface area contributed by atoms with Crippen LogP contribution in [0.15, 0.2) is 42.5 Å². The van der Waals surface area contributed by atoms with Crippen molar-refractivity contribution in [1.29, 1.82) is 0 Å². The molecule has 1 N–H and O–H groups in total. The molecule has 0 radical (unpaired) electrons. The Hall–Kier alpha value is -2.97. The van der Waals surface area contributed by atoms with Crippen LogP contribution in [0.4, 0.5) is 0 Å². The molecule has 0 aliphatic carbocycles. The van der Waals surface area contributed by atoms with Crippen LogP contribution in [0, 0.1) is 11.8 Å². The molecule has 5 heteroatoms. The number of hydrogen-bond donors (Lipinski definition) is 1. The molecule has 2 aromatic rings. The van der Waals surface area contributed by atoms with E-state index in [1.54, 1.807) is 26.4 Å². The van der Waals surface area contributed by atoms with E-state index in [9.17, 15) is 9.90 Å². The SMILES string of the molecule is COc1ccc(OC)c2c1CN(C(=O)C#Cc1ccccc1)C[C@H]2O. The zero-order chi connectivity index (χ0) is 17.8. The van der Waals surface area contributed by atoms with Gasteiger partial charge in [-0.15, -0.1) is 0 Å². The highest BCUT2D eigenvalue weighted by molar-refractivity contribution is 5.94. The third kappa shape index (κ3) is 3.44. The summed E-state index contributed by atoms with van der Waals surface area (Å²) in [6.45, 7) is 0.480. The normalized spacial score (nSPS) is 15.6. The van der Waals surface area contributed by atoms with Crippen molar-refractivity contribution in [1.82, 2.24) is 4.90 Å². The molecule has 1 aliphatic heterocycles. The standard InChI is InChI=1S/C20H19NO4/c1-24-17-9-10-18(25-2)20-15(17)12-21(13-16(20)22)19(23)11-8-14-6-4-3-5-7-14/h3-7,9-10,16,22H,12-13H2,1-2H3/t16-/m1/s1. The van der Waals surface area contributed by atoms with Gasteiger partial charge in [0, 0.05) is 22.6 Å². The summed E-state index contributed by atoms with van der Waals surface area (Å²) in [6.07, 6.45) is -0.851. The second-order valence-electron chi connectivity index (χ2n) is 5.68. The van der Waals surface area contributed by atoms with E-state index in [1.807, 2.05) is 30.3 Å². The number of carbonyl (C=O) groups excluding carboxylic acids is 1. The van der Waals surface area contributed by atoms with Gasteiger partial charge in [0.25, 0.3) is 5.91 Å². The van der Waals surface area contributed by atoms with E-state index >= 15 is 0 Å². The molecule has 3 rings (SSSR count). The van der Waals surface area contributed by atoms with Gasteiger partial charge >= 0.3 is 0 Å². The highest BCUT2D eigenvalue weighted by atomic mass is 16.5. The van der Waals surface area contributed by atoms with Gasteiger partial charge in [0.2, 0.25) is 0 Å². The van der Waals surface area contributed by atoms with E-state index in [1.165, 1.54) is 4.90 Å². The maximum Gasteiger partial charge on any atom is 0.299 e. The van der Waals surface area contributed by atoms with Crippen LogP contribution in [0.3, 0.4) is 0 Å². The number of benzene rings is 2. The summed E-state index contributed by atoms with van der Waals surface area (Å²) < 4.78 is 10.7. The summed E-state index contributed by atoms with van der Waals surface area (Å²) in [7, 11) is 3.11. The number of rotatable bonds is 2. The summed E-state index contributed by atoms with van der Waals surface area (Å²) in [5.74, 6) is 6.36. The number of nitrogens with zero attached hydrogens (tertiary/aromatic N) is 1. The molecule has 0 bridgehead atoms. The molecule has 2 aromatic carbocycles. The summed E-state index contributed by atoms with van der Waals surface area (Å²) in [6, 6.07) is 12.8. The molecule has 1 heterocycles. The molecule has 128 valence electrons. The zero-order valence-electron chi connectivity index (χ0n) is 14.2. The summed E-state index contributed by atoms with van der Waals surface area (Å²) in [4.78, 5) is 14.0. The number of amides is 1. The Morgan fingerprint density at radius 2 is 1.80 bits per heavy atom. The molecule has 5 nitrogen and oxygen atoms in total. The quantitative estimate of drug-likeness (QED) is 0.853. The van der Waals surface area contributed by atoms with Gasteiger partial charge in [-0.05, 0) is 24.3 Å². The lowest BCUT2D eigenvalue weighted by atomic mass is 9.95. The van der Waals surface area contributed by atoms with Gasteiger partial charge < -0.3 is 19.5 Å². The highest BCUT2D eigenvalue weighted by Crippen LogP contribution is 2.39. The molecule has 1 amide bonds. The largest absolute Gasteiger partial charge is 0.496 e. The number of aliphatic hydroxyl groups excluding tert-OH is 1. The van der Waals surface area contributed by atoms with Crippen LogP contribution in [0.5, 0.6) is 11.5 Å². The number of aliphatic hydroxyl groups is 1. The van der Waals surface area contributed by atoms with Crippen molar-refractivity contribution >= 4 is 5.91 Å². The molecular formula is C20H19NO4. The Labute approximate surface area is 146 Å². The lowest BCUT2D eigenvalue weighted by molar-refractivity contribution is -0.127. The fourth-order valence-corrected chi connectivity index (χ4v) is 2.96. The van der Waals surface area contributed by atoms with Crippen LogP contribution in [0.25, 0.3) is 0 Å². The third-order valence-electron chi connectivity index (χ3n) is 4.16. The molecule has 0 aromatic heterocycles. The minimum Gasteiger partial charge on any atom is -0.496 e. The summed E-state index contributed by atoms with van der Waals surface area (Å²) in [5, 5.41) is 10.5. The van der Waals surface area contributed by atoms with Gasteiger partial charge in [-0.2, -0.15) is 0 Å². The maximum atomic E-state index is 12.5. The van der Waals surface area contributed by atoms with Crippen molar-refractivity contribution in [3.05, 3.63) is 59.2 Å². The number of fused-ring (bicyclic) bond motifs is 1. The van der Waals surface area contributed by atoms with Gasteiger partial charge in [0.05, 0.1) is 27.3 Å². The van der Waals surface area contributed by atoms with E-state index in [0.717, 1.165) is 11.1 Å². The number of ether oxygens (including phenoxy) is 2. The minimum atomic E-state index is -0.851. The Balaban J connectivity index is 1.88. The lowest BCUT2D eigenvalue weighted by Crippen LogP contribution is -2.38. The average Bonchev–Trinajstić information content (AvgIpc) is 2.65. The van der Waals surface area contributed by atoms with Crippen molar-refractivity contribution < 1.29 is 19.4 Å². The lowest BCUT2D eigenvalue weighted by Gasteiger charge is -2.32. The number of methoxy groups -OCH3 is 2. The number of hydrogen-bond acceptors (Lipinski definition) is 4. The van der Waals surface area contributed by atoms with Gasteiger partial charge in [0.15, 0.2) is 0 Å². The first-order chi connectivity index (χ1) is 12.1. The van der Waals surface area contributed by atoms with Crippen LogP contribution in [-0.4, -0.2) is 36.7 Å². The molecule has 0 unspecified atom stereocenters. The first-order valence-electron chi connectivity index (χ1n) is 7.91. The van der Waals surface area contributed by atoms with E-state index in [4.69, 9.17) is 9.47 Å². The smallest absolute Gasteiger partial charge is 0.299 e. The van der Waals surface area contributed by atoms with E-state index in [2.05, 4.69) is 11.8 Å². The zero-order valence-corrected chi connectivity index (χ0v) is 14.2. The fraction of sp³-hybridized carbons (Fsp3) is 0.250. The van der Waals surface area contributed by atoms with Crippen LogP contribution in [0.1, 0.15) is 22.8 Å². The van der Waals surface area contributed by atoms with Crippen LogP contribution >= 0.6 is 0 Å². The van der Waals surface area contributed by atoms with Gasteiger partial charge in [-0.1, -0.05) is 24.1 Å². The van der Waals surface area contributed by atoms with E-state index in [-0.39, 0.29) is 12.5 Å². The van der Waals surface area contributed by atoms with E-state index < -0.39 is 6.10 Å². The Morgan fingerprint density at radius 1 is 1.12 bits per heavy atom. The Kier molecular flexibility index (Phi) is 4.92. The van der Waals surface area contributed by atoms with Crippen LogP contribution in [0.2, 0.25) is 0 Å². The summed E-state index contributed by atoms with van der Waals surface area (Å²) in [5.41, 5.74) is 2.19. The first kappa shape index (κ1) is 16.9. The van der Waals surface area contributed by atoms with Crippen molar-refractivity contribution in [3.8, 4) is 23.3 Å². The third-order valence-corrected chi connectivity index (χ3v) is 4.16. The molecule has 1 atom stereocenters. The number of β-amino-alcohol motifs (C(OH)–C–C–N with tert-alkyl or cyclic N) is 1. The molecule has 0 fully saturated rings. The topological polar surface area (TPSA) is 59.0 Å². The van der Waals surface area contributed by atoms with Crippen molar-refractivity contribution in [2.45, 2.75) is 12.6 Å². The highest BCUT2D eigenvalue weighted by Gasteiger charge is 2.31. The van der Waals surface area contributed by atoms with Crippen molar-refractivity contribution in [2.75, 3.05) is 20.8 Å². The van der Waals surface area contributed by atoms with Crippen molar-refractivity contribution in [2.24, 2.45) is 0 Å². The second-order valence-corrected chi connectivity index (χ2v) is 5.68. The van der Waals surface area contributed by atoms with Crippen LogP contribution < -0.4 is 9.47 Å². The predicted octanol–water partition coefficient (Wildman–Crippen LogP) is 2.13. The summed E-state index contributed by atoms with van der Waals surface area (Å²) >= 11 is 0. The first-order valence-corrected chi connectivity index (χ1v) is 7.91. The Morgan fingerprint density at radius 3 is 2.48 bits per heavy atom. The van der Waals surface area contributed by atoms with Gasteiger partial charge in [-0.3, -0.25) is 4.79 Å².